The molecule has 0 fully saturated rings. The van der Waals surface area contributed by atoms with Gasteiger partial charge in [0.1, 0.15) is 0 Å². The van der Waals surface area contributed by atoms with Crippen LogP contribution in [0.2, 0.25) is 0 Å². The van der Waals surface area contributed by atoms with E-state index in [0.717, 1.165) is 0 Å². The second-order valence-electron chi connectivity index (χ2n) is 2.81. The van der Waals surface area contributed by atoms with Crippen molar-refractivity contribution in [2.45, 2.75) is 12.8 Å². The fraction of sp³-hybridized carbons (Fsp3) is 0.500. The monoisotopic (exact) mass is 200 g/mol. The quantitative estimate of drug-likeness (QED) is 0.468. The first-order valence-electron chi connectivity index (χ1n) is 3.75. The van der Waals surface area contributed by atoms with Crippen molar-refractivity contribution in [2.75, 3.05) is 0 Å². The minimum absolute atomic E-state index is 0. The molecule has 2 N–H and O–H groups in total. The summed E-state index contributed by atoms with van der Waals surface area (Å²) in [5.74, 6) is -3.69. The number of aliphatic carboxylic acids is 2. The molecule has 0 aromatic carbocycles. The van der Waals surface area contributed by atoms with Crippen molar-refractivity contribution in [1.29, 1.82) is 0 Å². The van der Waals surface area contributed by atoms with E-state index < -0.39 is 23.8 Å². The summed E-state index contributed by atoms with van der Waals surface area (Å²) in [4.78, 5) is 21.1. The van der Waals surface area contributed by atoms with Gasteiger partial charge in [-0.25, -0.2) is 0 Å². The predicted molar refractivity (Wildman–Crippen MR) is 50.6 cm³/mol. The number of rotatable bonds is 2. The summed E-state index contributed by atoms with van der Waals surface area (Å²) < 4.78 is 0. The van der Waals surface area contributed by atoms with Gasteiger partial charge in [-0.2, -0.15) is 0 Å². The van der Waals surface area contributed by atoms with Gasteiger partial charge in [0.2, 0.25) is 0 Å². The molecular formula is C8H13AlO4. The van der Waals surface area contributed by atoms with Crippen LogP contribution in [0.25, 0.3) is 0 Å². The van der Waals surface area contributed by atoms with Crippen molar-refractivity contribution in [1.82, 2.24) is 0 Å². The van der Waals surface area contributed by atoms with Crippen LogP contribution in [0.15, 0.2) is 12.2 Å². The van der Waals surface area contributed by atoms with E-state index in [9.17, 15) is 9.59 Å². The van der Waals surface area contributed by atoms with E-state index in [0.29, 0.717) is 12.8 Å². The Labute approximate surface area is 86.4 Å². The highest BCUT2D eigenvalue weighted by atomic mass is 27.0. The van der Waals surface area contributed by atoms with Crippen molar-refractivity contribution in [3.05, 3.63) is 12.2 Å². The van der Waals surface area contributed by atoms with Crippen molar-refractivity contribution in [2.24, 2.45) is 11.8 Å². The molecule has 2 unspecified atom stereocenters. The molecule has 1 rings (SSSR count). The van der Waals surface area contributed by atoms with Gasteiger partial charge in [0.25, 0.3) is 0 Å². The van der Waals surface area contributed by atoms with E-state index in [2.05, 4.69) is 0 Å². The van der Waals surface area contributed by atoms with Crippen LogP contribution in [0, 0.1) is 11.8 Å². The first kappa shape index (κ1) is 12.2. The molecule has 0 aromatic rings. The topological polar surface area (TPSA) is 74.6 Å². The lowest BCUT2D eigenvalue weighted by Crippen LogP contribution is -2.30. The molecular weight excluding hydrogens is 187 g/mol. The first-order chi connectivity index (χ1) is 5.63. The molecule has 0 spiro atoms. The Morgan fingerprint density at radius 3 is 2.23 bits per heavy atom. The molecule has 0 saturated carbocycles. The van der Waals surface area contributed by atoms with E-state index in [4.69, 9.17) is 10.2 Å². The average molecular weight is 200 g/mol. The standard InChI is InChI=1S/C8H10O4.Al.3H/c9-7(10)5-3-1-2-4-6(5)8(11)12;;;;/h1,3,5-6H,2,4H2,(H,9,10)(H,11,12);;;;. The summed E-state index contributed by atoms with van der Waals surface area (Å²) in [6.07, 6.45) is 4.26. The molecule has 0 amide bonds. The molecule has 0 aliphatic heterocycles. The lowest BCUT2D eigenvalue weighted by molar-refractivity contribution is -0.152. The summed E-state index contributed by atoms with van der Waals surface area (Å²) in [6, 6.07) is 0. The van der Waals surface area contributed by atoms with Crippen molar-refractivity contribution in [3.8, 4) is 0 Å². The molecule has 0 bridgehead atoms. The number of carboxylic acid groups (broad SMARTS) is 2. The molecule has 1 aliphatic rings. The lowest BCUT2D eigenvalue weighted by atomic mass is 9.84. The molecule has 0 saturated heterocycles. The zero-order valence-electron chi connectivity index (χ0n) is 6.43. The second-order valence-corrected chi connectivity index (χ2v) is 2.81. The van der Waals surface area contributed by atoms with Crippen LogP contribution in [0.1, 0.15) is 12.8 Å². The summed E-state index contributed by atoms with van der Waals surface area (Å²) in [6.45, 7) is 0. The molecule has 2 atom stereocenters. The number of carbonyl (C=O) groups is 2. The second kappa shape index (κ2) is 5.05. The van der Waals surface area contributed by atoms with Gasteiger partial charge in [0, 0.05) is 0 Å². The van der Waals surface area contributed by atoms with Gasteiger partial charge in [-0.1, -0.05) is 12.2 Å². The van der Waals surface area contributed by atoms with E-state index in [1.807, 2.05) is 0 Å². The normalized spacial score (nSPS) is 26.2. The maximum Gasteiger partial charge on any atom is 0.311 e. The smallest absolute Gasteiger partial charge is 0.311 e. The summed E-state index contributed by atoms with van der Waals surface area (Å²) >= 11 is 0. The van der Waals surface area contributed by atoms with Crippen LogP contribution in [0.3, 0.4) is 0 Å². The van der Waals surface area contributed by atoms with Crippen molar-refractivity contribution in [3.63, 3.8) is 0 Å². The molecule has 5 heteroatoms. The molecule has 0 heterocycles. The van der Waals surface area contributed by atoms with Crippen LogP contribution in [0.5, 0.6) is 0 Å². The van der Waals surface area contributed by atoms with E-state index in [-0.39, 0.29) is 17.4 Å². The Morgan fingerprint density at radius 2 is 1.85 bits per heavy atom. The van der Waals surface area contributed by atoms with Crippen LogP contribution in [-0.4, -0.2) is 39.5 Å². The first-order valence-corrected chi connectivity index (χ1v) is 3.75. The number of allylic oxidation sites excluding steroid dienone is 1. The van der Waals surface area contributed by atoms with E-state index in [1.165, 1.54) is 6.08 Å². The van der Waals surface area contributed by atoms with Gasteiger partial charge in [0.15, 0.2) is 17.4 Å². The Balaban J connectivity index is 0.00000144. The van der Waals surface area contributed by atoms with Crippen LogP contribution >= 0.6 is 0 Å². The minimum Gasteiger partial charge on any atom is -0.481 e. The molecule has 72 valence electrons. The highest BCUT2D eigenvalue weighted by molar-refractivity contribution is 5.81. The highest BCUT2D eigenvalue weighted by Gasteiger charge is 2.32. The number of carboxylic acids is 2. The van der Waals surface area contributed by atoms with E-state index in [1.54, 1.807) is 6.08 Å². The Hall–Kier alpha value is -0.788. The summed E-state index contributed by atoms with van der Waals surface area (Å²) in [7, 11) is 0. The minimum atomic E-state index is -1.06. The largest absolute Gasteiger partial charge is 0.481 e. The molecule has 13 heavy (non-hydrogen) atoms. The van der Waals surface area contributed by atoms with E-state index >= 15 is 0 Å². The summed E-state index contributed by atoms with van der Waals surface area (Å²) in [5.41, 5.74) is 0. The van der Waals surface area contributed by atoms with Gasteiger partial charge in [-0.15, -0.1) is 0 Å². The van der Waals surface area contributed by atoms with Crippen LogP contribution in [-0.2, 0) is 9.59 Å². The Kier molecular flexibility index (Phi) is 4.75. The van der Waals surface area contributed by atoms with Gasteiger partial charge in [0.05, 0.1) is 11.8 Å². The molecule has 0 radical (unpaired) electrons. The lowest BCUT2D eigenvalue weighted by Gasteiger charge is -2.19. The predicted octanol–water partition coefficient (Wildman–Crippen LogP) is -0.446. The van der Waals surface area contributed by atoms with Gasteiger partial charge in [-0.3, -0.25) is 9.59 Å². The maximum absolute atomic E-state index is 10.6. The van der Waals surface area contributed by atoms with Crippen LogP contribution in [0.4, 0.5) is 0 Å². The van der Waals surface area contributed by atoms with Crippen molar-refractivity contribution < 1.29 is 19.8 Å². The maximum atomic E-state index is 10.6. The van der Waals surface area contributed by atoms with Crippen molar-refractivity contribution >= 4 is 29.3 Å². The fourth-order valence-corrected chi connectivity index (χ4v) is 1.36. The van der Waals surface area contributed by atoms with Gasteiger partial charge < -0.3 is 10.2 Å². The van der Waals surface area contributed by atoms with Gasteiger partial charge >= 0.3 is 11.9 Å². The van der Waals surface area contributed by atoms with Gasteiger partial charge in [-0.05, 0) is 12.8 Å². The summed E-state index contributed by atoms with van der Waals surface area (Å²) in [5, 5.41) is 17.3. The molecule has 1 aliphatic carbocycles. The Bertz CT molecular complexity index is 236. The SMILES string of the molecule is O=C(O)C1C=CCCC1C(=O)O.[AlH3]. The highest BCUT2D eigenvalue weighted by Crippen LogP contribution is 2.24. The third kappa shape index (κ3) is 2.87. The molecule has 4 nitrogen and oxygen atoms in total. The zero-order chi connectivity index (χ0) is 9.14. The number of hydrogen-bond acceptors (Lipinski definition) is 2. The third-order valence-electron chi connectivity index (χ3n) is 2.02. The average Bonchev–Trinajstić information content (AvgIpc) is 2.04. The zero-order valence-corrected chi connectivity index (χ0v) is 6.43. The fourth-order valence-electron chi connectivity index (χ4n) is 1.36. The van der Waals surface area contributed by atoms with Crippen LogP contribution < -0.4 is 0 Å². The number of hydrogen-bond donors (Lipinski definition) is 2. The Morgan fingerprint density at radius 1 is 1.23 bits per heavy atom. The third-order valence-corrected chi connectivity index (χ3v) is 2.02. The molecule has 0 aromatic heterocycles.